The van der Waals surface area contributed by atoms with Crippen molar-refractivity contribution in [2.45, 2.75) is 6.54 Å². The van der Waals surface area contributed by atoms with Crippen molar-refractivity contribution in [3.05, 3.63) is 29.2 Å². The number of piperazine rings is 1. The van der Waals surface area contributed by atoms with Crippen molar-refractivity contribution in [2.24, 2.45) is 0 Å². The van der Waals surface area contributed by atoms with E-state index in [0.29, 0.717) is 5.15 Å². The minimum absolute atomic E-state index is 0.537. The molecule has 0 atom stereocenters. The number of pyridine rings is 1. The van der Waals surface area contributed by atoms with Crippen LogP contribution in [0.3, 0.4) is 0 Å². The minimum Gasteiger partial charge on any atom is -0.361 e. The van der Waals surface area contributed by atoms with E-state index in [9.17, 15) is 0 Å². The van der Waals surface area contributed by atoms with E-state index in [1.807, 2.05) is 12.3 Å². The fourth-order valence-electron chi connectivity index (χ4n) is 2.43. The monoisotopic (exact) mass is 264 g/mol. The molecule has 18 heavy (non-hydrogen) atoms. The third-order valence-electron chi connectivity index (χ3n) is 3.61. The number of hydrogen-bond acceptors (Lipinski definition) is 3. The second-order valence-electron chi connectivity index (χ2n) is 4.95. The van der Waals surface area contributed by atoms with Crippen molar-refractivity contribution in [3.63, 3.8) is 0 Å². The Hall–Kier alpha value is -1.10. The van der Waals surface area contributed by atoms with E-state index in [1.54, 1.807) is 0 Å². The molecule has 2 aromatic rings. The predicted molar refractivity (Wildman–Crippen MR) is 73.9 cm³/mol. The third-order valence-corrected chi connectivity index (χ3v) is 3.81. The van der Waals surface area contributed by atoms with Gasteiger partial charge in [-0.05, 0) is 18.7 Å². The summed E-state index contributed by atoms with van der Waals surface area (Å²) in [5.74, 6) is 0. The van der Waals surface area contributed by atoms with Crippen LogP contribution >= 0.6 is 11.6 Å². The Bertz CT molecular complexity index is 543. The van der Waals surface area contributed by atoms with E-state index in [1.165, 1.54) is 10.9 Å². The summed E-state index contributed by atoms with van der Waals surface area (Å²) in [6.07, 6.45) is 3.93. The number of aromatic nitrogens is 2. The van der Waals surface area contributed by atoms with E-state index in [2.05, 4.69) is 33.0 Å². The summed E-state index contributed by atoms with van der Waals surface area (Å²) >= 11 is 5.89. The second-order valence-corrected chi connectivity index (χ2v) is 5.33. The average molecular weight is 265 g/mol. The first-order valence-corrected chi connectivity index (χ1v) is 6.62. The molecule has 1 aliphatic rings. The van der Waals surface area contributed by atoms with Crippen LogP contribution in [0, 0.1) is 0 Å². The summed E-state index contributed by atoms with van der Waals surface area (Å²) in [5.41, 5.74) is 2.37. The molecule has 2 aromatic heterocycles. The average Bonchev–Trinajstić information content (AvgIpc) is 2.74. The summed E-state index contributed by atoms with van der Waals surface area (Å²) in [6, 6.07) is 1.88. The lowest BCUT2D eigenvalue weighted by atomic mass is 10.2. The number of fused-ring (bicyclic) bond motifs is 1. The number of aromatic amines is 1. The molecular weight excluding hydrogens is 248 g/mol. The van der Waals surface area contributed by atoms with Gasteiger partial charge in [-0.1, -0.05) is 11.6 Å². The van der Waals surface area contributed by atoms with Crippen LogP contribution in [0.25, 0.3) is 10.9 Å². The first-order chi connectivity index (χ1) is 8.72. The normalized spacial score (nSPS) is 18.6. The van der Waals surface area contributed by atoms with E-state index in [4.69, 9.17) is 11.6 Å². The molecule has 1 aliphatic heterocycles. The van der Waals surface area contributed by atoms with Gasteiger partial charge >= 0.3 is 0 Å². The van der Waals surface area contributed by atoms with Crippen molar-refractivity contribution < 1.29 is 0 Å². The maximum Gasteiger partial charge on any atom is 0.131 e. The molecule has 0 bridgehead atoms. The molecule has 3 rings (SSSR count). The highest BCUT2D eigenvalue weighted by Gasteiger charge is 2.15. The van der Waals surface area contributed by atoms with Crippen LogP contribution in [0.15, 0.2) is 18.5 Å². The van der Waals surface area contributed by atoms with Gasteiger partial charge in [0.2, 0.25) is 0 Å². The number of H-pyrrole nitrogens is 1. The maximum absolute atomic E-state index is 5.89. The molecule has 0 amide bonds. The zero-order chi connectivity index (χ0) is 12.5. The number of likely N-dealkylation sites (N-methyl/N-ethyl adjacent to an activating group) is 1. The number of nitrogens with zero attached hydrogens (tertiary/aromatic N) is 3. The third kappa shape index (κ3) is 2.36. The minimum atomic E-state index is 0.537. The van der Waals surface area contributed by atoms with Crippen LogP contribution in [0.4, 0.5) is 0 Å². The first-order valence-electron chi connectivity index (χ1n) is 6.25. The lowest BCUT2D eigenvalue weighted by Crippen LogP contribution is -2.43. The Morgan fingerprint density at radius 2 is 2.11 bits per heavy atom. The highest BCUT2D eigenvalue weighted by molar-refractivity contribution is 6.30. The van der Waals surface area contributed by atoms with Crippen molar-refractivity contribution in [1.29, 1.82) is 0 Å². The molecular formula is C13H17ClN4. The lowest BCUT2D eigenvalue weighted by molar-refractivity contribution is 0.148. The Morgan fingerprint density at radius 1 is 1.33 bits per heavy atom. The molecule has 1 saturated heterocycles. The van der Waals surface area contributed by atoms with E-state index in [-0.39, 0.29) is 0 Å². The van der Waals surface area contributed by atoms with Crippen LogP contribution in [0.1, 0.15) is 5.56 Å². The van der Waals surface area contributed by atoms with Gasteiger partial charge in [0.1, 0.15) is 5.15 Å². The standard InChI is InChI=1S/C13H17ClN4/c1-17-2-4-18(5-3-17)9-10-7-15-12-6-13(14)16-8-11(10)12/h6-8,15H,2-5,9H2,1H3. The molecule has 96 valence electrons. The molecule has 0 radical (unpaired) electrons. The number of nitrogens with one attached hydrogen (secondary N) is 1. The fraction of sp³-hybridized carbons (Fsp3) is 0.462. The van der Waals surface area contributed by atoms with Crippen LogP contribution < -0.4 is 0 Å². The molecule has 0 unspecified atom stereocenters. The van der Waals surface area contributed by atoms with Gasteiger partial charge in [-0.25, -0.2) is 4.98 Å². The topological polar surface area (TPSA) is 35.2 Å². The van der Waals surface area contributed by atoms with Crippen molar-refractivity contribution in [1.82, 2.24) is 19.8 Å². The van der Waals surface area contributed by atoms with Crippen molar-refractivity contribution in [3.8, 4) is 0 Å². The molecule has 5 heteroatoms. The number of halogens is 1. The van der Waals surface area contributed by atoms with Crippen LogP contribution in [0.5, 0.6) is 0 Å². The van der Waals surface area contributed by atoms with Gasteiger partial charge in [-0.3, -0.25) is 4.90 Å². The number of rotatable bonds is 2. The molecule has 4 nitrogen and oxygen atoms in total. The van der Waals surface area contributed by atoms with Crippen LogP contribution in [0.2, 0.25) is 5.15 Å². The largest absolute Gasteiger partial charge is 0.361 e. The first kappa shape index (κ1) is 12.0. The molecule has 0 saturated carbocycles. The molecule has 0 spiro atoms. The van der Waals surface area contributed by atoms with Crippen molar-refractivity contribution >= 4 is 22.5 Å². The SMILES string of the molecule is CN1CCN(Cc2c[nH]c3cc(Cl)ncc23)CC1. The van der Waals surface area contributed by atoms with Crippen LogP contribution in [-0.4, -0.2) is 53.0 Å². The van der Waals surface area contributed by atoms with Gasteiger partial charge in [0, 0.05) is 50.5 Å². The summed E-state index contributed by atoms with van der Waals surface area (Å²) in [4.78, 5) is 12.3. The molecule has 1 fully saturated rings. The quantitative estimate of drug-likeness (QED) is 0.843. The summed E-state index contributed by atoms with van der Waals surface area (Å²) in [5, 5.41) is 1.72. The van der Waals surface area contributed by atoms with Gasteiger partial charge in [-0.15, -0.1) is 0 Å². The Labute approximate surface area is 112 Å². The molecule has 3 heterocycles. The second kappa shape index (κ2) is 4.88. The highest BCUT2D eigenvalue weighted by atomic mass is 35.5. The highest BCUT2D eigenvalue weighted by Crippen LogP contribution is 2.21. The van der Waals surface area contributed by atoms with E-state index < -0.39 is 0 Å². The van der Waals surface area contributed by atoms with E-state index in [0.717, 1.165) is 38.2 Å². The Kier molecular flexibility index (Phi) is 3.24. The van der Waals surface area contributed by atoms with Crippen LogP contribution in [-0.2, 0) is 6.54 Å². The van der Waals surface area contributed by atoms with Gasteiger partial charge < -0.3 is 9.88 Å². The van der Waals surface area contributed by atoms with Gasteiger partial charge in [0.15, 0.2) is 0 Å². The maximum atomic E-state index is 5.89. The number of hydrogen-bond donors (Lipinski definition) is 1. The van der Waals surface area contributed by atoms with Gasteiger partial charge in [0.25, 0.3) is 0 Å². The zero-order valence-corrected chi connectivity index (χ0v) is 11.2. The Balaban J connectivity index is 1.78. The lowest BCUT2D eigenvalue weighted by Gasteiger charge is -2.32. The molecule has 0 aromatic carbocycles. The van der Waals surface area contributed by atoms with E-state index >= 15 is 0 Å². The summed E-state index contributed by atoms with van der Waals surface area (Å²) in [6.45, 7) is 5.53. The Morgan fingerprint density at radius 3 is 2.89 bits per heavy atom. The van der Waals surface area contributed by atoms with Crippen molar-refractivity contribution in [2.75, 3.05) is 33.2 Å². The van der Waals surface area contributed by atoms with Gasteiger partial charge in [0.05, 0.1) is 5.52 Å². The summed E-state index contributed by atoms with van der Waals surface area (Å²) < 4.78 is 0. The zero-order valence-electron chi connectivity index (χ0n) is 10.5. The predicted octanol–water partition coefficient (Wildman–Crippen LogP) is 1.96. The fourth-order valence-corrected chi connectivity index (χ4v) is 2.58. The summed E-state index contributed by atoms with van der Waals surface area (Å²) in [7, 11) is 2.18. The van der Waals surface area contributed by atoms with Gasteiger partial charge in [-0.2, -0.15) is 0 Å². The molecule has 0 aliphatic carbocycles. The smallest absolute Gasteiger partial charge is 0.131 e. The molecule has 1 N–H and O–H groups in total.